The number of halogens is 1. The number of carbonyl (C=O) groups is 2. The Bertz CT molecular complexity index is 649. The van der Waals surface area contributed by atoms with Crippen LogP contribution in [0.5, 0.6) is 0 Å². The highest BCUT2D eigenvalue weighted by Gasteiger charge is 2.34. The number of hydrogen-bond acceptors (Lipinski definition) is 4. The number of anilines is 1. The van der Waals surface area contributed by atoms with Crippen LogP contribution >= 0.6 is 15.9 Å². The summed E-state index contributed by atoms with van der Waals surface area (Å²) in [4.78, 5) is 25.2. The van der Waals surface area contributed by atoms with E-state index < -0.39 is 5.91 Å². The predicted molar refractivity (Wildman–Crippen MR) is 90.1 cm³/mol. The van der Waals surface area contributed by atoms with Gasteiger partial charge in [-0.25, -0.2) is 4.68 Å². The first-order valence-corrected chi connectivity index (χ1v) is 8.55. The number of primary amides is 1. The van der Waals surface area contributed by atoms with Crippen molar-refractivity contribution in [1.82, 2.24) is 14.7 Å². The molecule has 3 heterocycles. The molecule has 1 atom stereocenters. The van der Waals surface area contributed by atoms with Crippen LogP contribution < -0.4 is 11.1 Å². The summed E-state index contributed by atoms with van der Waals surface area (Å²) in [6.45, 7) is 5.80. The molecule has 0 spiro atoms. The number of aromatic nitrogens is 2. The van der Waals surface area contributed by atoms with Crippen LogP contribution in [-0.4, -0.2) is 46.1 Å². The number of rotatable bonds is 3. The summed E-state index contributed by atoms with van der Waals surface area (Å²) < 4.78 is 2.38. The SMILES string of the molecule is C=CC(=O)N1CCC([C@@H]2CCNc3c(C(N)=O)c(Br)nn32)CC1. The number of carbonyl (C=O) groups excluding carboxylic acids is 2. The van der Waals surface area contributed by atoms with Gasteiger partial charge in [0, 0.05) is 19.6 Å². The minimum absolute atomic E-state index is 0.00713. The number of nitrogens with zero attached hydrogens (tertiary/aromatic N) is 3. The van der Waals surface area contributed by atoms with E-state index >= 15 is 0 Å². The van der Waals surface area contributed by atoms with Crippen LogP contribution in [-0.2, 0) is 4.79 Å². The van der Waals surface area contributed by atoms with Crippen LogP contribution in [0.2, 0.25) is 0 Å². The molecule has 7 nitrogen and oxygen atoms in total. The van der Waals surface area contributed by atoms with E-state index in [2.05, 4.69) is 32.9 Å². The summed E-state index contributed by atoms with van der Waals surface area (Å²) in [7, 11) is 0. The Kier molecular flexibility index (Phi) is 4.43. The van der Waals surface area contributed by atoms with E-state index in [1.54, 1.807) is 0 Å². The van der Waals surface area contributed by atoms with Crippen molar-refractivity contribution >= 4 is 33.6 Å². The Morgan fingerprint density at radius 3 is 2.65 bits per heavy atom. The molecule has 1 fully saturated rings. The third-order valence-corrected chi connectivity index (χ3v) is 5.29. The average molecular weight is 382 g/mol. The molecule has 0 aromatic carbocycles. The molecule has 1 aromatic heterocycles. The molecule has 23 heavy (non-hydrogen) atoms. The van der Waals surface area contributed by atoms with Gasteiger partial charge in [0.05, 0.1) is 6.04 Å². The van der Waals surface area contributed by atoms with Gasteiger partial charge >= 0.3 is 0 Å². The smallest absolute Gasteiger partial charge is 0.255 e. The van der Waals surface area contributed by atoms with Crippen LogP contribution in [0, 0.1) is 5.92 Å². The van der Waals surface area contributed by atoms with Gasteiger partial charge in [-0.1, -0.05) is 6.58 Å². The maximum atomic E-state index is 11.7. The zero-order valence-electron chi connectivity index (χ0n) is 12.8. The molecule has 1 saturated heterocycles. The molecule has 2 aliphatic heterocycles. The number of amides is 2. The first-order chi connectivity index (χ1) is 11.0. The fourth-order valence-electron chi connectivity index (χ4n) is 3.56. The van der Waals surface area contributed by atoms with E-state index in [0.29, 0.717) is 21.9 Å². The second-order valence-electron chi connectivity index (χ2n) is 5.97. The number of piperidine rings is 1. The zero-order chi connectivity index (χ0) is 16.6. The van der Waals surface area contributed by atoms with Gasteiger partial charge in [-0.2, -0.15) is 5.10 Å². The molecule has 0 saturated carbocycles. The highest BCUT2D eigenvalue weighted by Crippen LogP contribution is 2.38. The van der Waals surface area contributed by atoms with E-state index in [-0.39, 0.29) is 11.9 Å². The second kappa shape index (κ2) is 6.35. The first kappa shape index (κ1) is 16.0. The van der Waals surface area contributed by atoms with Crippen molar-refractivity contribution in [2.75, 3.05) is 25.0 Å². The molecule has 0 radical (unpaired) electrons. The standard InChI is InChI=1S/C15H20BrN5O2/c1-2-11(22)20-7-4-9(5-8-20)10-3-6-18-15-12(14(17)23)13(16)19-21(10)15/h2,9-10,18H,1,3-8H2,(H2,17,23)/t10-/m0/s1. The van der Waals surface area contributed by atoms with E-state index in [4.69, 9.17) is 5.73 Å². The van der Waals surface area contributed by atoms with Gasteiger partial charge in [-0.3, -0.25) is 9.59 Å². The van der Waals surface area contributed by atoms with Crippen molar-refractivity contribution in [1.29, 1.82) is 0 Å². The minimum Gasteiger partial charge on any atom is -0.369 e. The molecule has 3 rings (SSSR count). The predicted octanol–water partition coefficient (Wildman–Crippen LogP) is 1.53. The molecule has 124 valence electrons. The van der Waals surface area contributed by atoms with Crippen LogP contribution in [0.25, 0.3) is 0 Å². The fourth-order valence-corrected chi connectivity index (χ4v) is 4.12. The summed E-state index contributed by atoms with van der Waals surface area (Å²) in [5.74, 6) is 0.632. The van der Waals surface area contributed by atoms with Crippen molar-refractivity contribution in [3.63, 3.8) is 0 Å². The summed E-state index contributed by atoms with van der Waals surface area (Å²) in [5, 5.41) is 7.70. The van der Waals surface area contributed by atoms with Crippen molar-refractivity contribution in [3.8, 4) is 0 Å². The fraction of sp³-hybridized carbons (Fsp3) is 0.533. The molecule has 2 aliphatic rings. The number of nitrogens with one attached hydrogen (secondary N) is 1. The van der Waals surface area contributed by atoms with Gasteiger partial charge in [0.25, 0.3) is 5.91 Å². The zero-order valence-corrected chi connectivity index (χ0v) is 14.4. The quantitative estimate of drug-likeness (QED) is 0.776. The highest BCUT2D eigenvalue weighted by atomic mass is 79.9. The molecule has 1 aromatic rings. The van der Waals surface area contributed by atoms with Crippen molar-refractivity contribution in [3.05, 3.63) is 22.8 Å². The van der Waals surface area contributed by atoms with Crippen LogP contribution in [0.4, 0.5) is 5.82 Å². The summed E-state index contributed by atoms with van der Waals surface area (Å²) in [5.41, 5.74) is 5.87. The normalized spacial score (nSPS) is 21.4. The summed E-state index contributed by atoms with van der Waals surface area (Å²) in [6.07, 6.45) is 4.16. The Balaban J connectivity index is 1.79. The van der Waals surface area contributed by atoms with Gasteiger partial charge in [-0.05, 0) is 47.2 Å². The molecule has 0 bridgehead atoms. The molecule has 0 aliphatic carbocycles. The monoisotopic (exact) mass is 381 g/mol. The lowest BCUT2D eigenvalue weighted by Gasteiger charge is -2.38. The summed E-state index contributed by atoms with van der Waals surface area (Å²) in [6, 6.07) is 0.219. The lowest BCUT2D eigenvalue weighted by Crippen LogP contribution is -2.41. The van der Waals surface area contributed by atoms with Crippen molar-refractivity contribution in [2.24, 2.45) is 11.7 Å². The Labute approximate surface area is 143 Å². The van der Waals surface area contributed by atoms with E-state index in [9.17, 15) is 9.59 Å². The first-order valence-electron chi connectivity index (χ1n) is 7.76. The number of fused-ring (bicyclic) bond motifs is 1. The van der Waals surface area contributed by atoms with Gasteiger partial charge in [0.1, 0.15) is 16.0 Å². The van der Waals surface area contributed by atoms with Crippen molar-refractivity contribution in [2.45, 2.75) is 25.3 Å². The van der Waals surface area contributed by atoms with Gasteiger partial charge < -0.3 is 16.0 Å². The van der Waals surface area contributed by atoms with E-state index in [1.807, 2.05) is 9.58 Å². The lowest BCUT2D eigenvalue weighted by atomic mass is 9.87. The average Bonchev–Trinajstić information content (AvgIpc) is 2.90. The topological polar surface area (TPSA) is 93.2 Å². The van der Waals surface area contributed by atoms with E-state index in [0.717, 1.165) is 38.9 Å². The molecular formula is C15H20BrN5O2. The van der Waals surface area contributed by atoms with Crippen molar-refractivity contribution < 1.29 is 9.59 Å². The Morgan fingerprint density at radius 1 is 1.35 bits per heavy atom. The van der Waals surface area contributed by atoms with Gasteiger partial charge in [-0.15, -0.1) is 0 Å². The number of hydrogen-bond donors (Lipinski definition) is 2. The minimum atomic E-state index is -0.488. The van der Waals surface area contributed by atoms with Crippen LogP contribution in [0.1, 0.15) is 35.7 Å². The van der Waals surface area contributed by atoms with Crippen LogP contribution in [0.15, 0.2) is 17.3 Å². The third-order valence-electron chi connectivity index (χ3n) is 4.73. The number of nitrogens with two attached hydrogens (primary N) is 1. The highest BCUT2D eigenvalue weighted by molar-refractivity contribution is 9.10. The molecular weight excluding hydrogens is 362 g/mol. The molecule has 0 unspecified atom stereocenters. The maximum absolute atomic E-state index is 11.7. The summed E-state index contributed by atoms with van der Waals surface area (Å²) >= 11 is 3.33. The third kappa shape index (κ3) is 2.87. The molecule has 3 N–H and O–H groups in total. The van der Waals surface area contributed by atoms with Gasteiger partial charge in [0.15, 0.2) is 0 Å². The lowest BCUT2D eigenvalue weighted by molar-refractivity contribution is -0.127. The maximum Gasteiger partial charge on any atom is 0.255 e. The van der Waals surface area contributed by atoms with E-state index in [1.165, 1.54) is 6.08 Å². The Hall–Kier alpha value is -1.83. The molecule has 2 amide bonds. The molecule has 8 heteroatoms. The van der Waals surface area contributed by atoms with Gasteiger partial charge in [0.2, 0.25) is 5.91 Å². The number of likely N-dealkylation sites (tertiary alicyclic amines) is 1. The Morgan fingerprint density at radius 2 is 2.04 bits per heavy atom. The largest absolute Gasteiger partial charge is 0.369 e. The van der Waals surface area contributed by atoms with Crippen LogP contribution in [0.3, 0.4) is 0 Å². The second-order valence-corrected chi connectivity index (χ2v) is 6.72.